The number of hydrogen-bond donors (Lipinski definition) is 1. The lowest BCUT2D eigenvalue weighted by Crippen LogP contribution is -2.47. The molecule has 128 valence electrons. The van der Waals surface area contributed by atoms with Crippen molar-refractivity contribution in [2.45, 2.75) is 19.1 Å². The minimum absolute atomic E-state index is 0. The lowest BCUT2D eigenvalue weighted by Gasteiger charge is -2.35. The zero-order valence-electron chi connectivity index (χ0n) is 11.6. The van der Waals surface area contributed by atoms with Crippen LogP contribution in [0.4, 0.5) is 17.6 Å². The van der Waals surface area contributed by atoms with Crippen molar-refractivity contribution >= 4 is 24.8 Å². The van der Waals surface area contributed by atoms with Crippen LogP contribution in [0.3, 0.4) is 0 Å². The van der Waals surface area contributed by atoms with Gasteiger partial charge in [0.1, 0.15) is 5.75 Å². The Morgan fingerprint density at radius 1 is 1.00 bits per heavy atom. The maximum atomic E-state index is 13.4. The highest BCUT2D eigenvalue weighted by atomic mass is 35.5. The molecule has 1 atom stereocenters. The Kier molecular flexibility index (Phi) is 9.75. The first-order chi connectivity index (χ1) is 9.59. The van der Waals surface area contributed by atoms with Crippen LogP contribution < -0.4 is 10.1 Å². The number of ether oxygens (including phenoxy) is 1. The highest BCUT2D eigenvalue weighted by Gasteiger charge is 2.32. The Morgan fingerprint density at radius 3 is 2.14 bits per heavy atom. The smallest absolute Gasteiger partial charge is 0.387 e. The van der Waals surface area contributed by atoms with Gasteiger partial charge in [0.25, 0.3) is 6.43 Å². The number of halogens is 6. The molecule has 3 nitrogen and oxygen atoms in total. The van der Waals surface area contributed by atoms with Crippen molar-refractivity contribution in [2.24, 2.45) is 0 Å². The number of nitrogens with zero attached hydrogens (tertiary/aromatic N) is 1. The molecule has 0 bridgehead atoms. The molecule has 2 rings (SSSR count). The second-order valence-corrected chi connectivity index (χ2v) is 4.48. The summed E-state index contributed by atoms with van der Waals surface area (Å²) in [6, 6.07) is 4.51. The summed E-state index contributed by atoms with van der Waals surface area (Å²) in [7, 11) is 0. The van der Waals surface area contributed by atoms with Crippen LogP contribution in [0.15, 0.2) is 24.3 Å². The fourth-order valence-corrected chi connectivity index (χ4v) is 2.38. The van der Waals surface area contributed by atoms with Crippen molar-refractivity contribution in [3.05, 3.63) is 29.8 Å². The molecule has 0 aliphatic carbocycles. The van der Waals surface area contributed by atoms with E-state index in [9.17, 15) is 17.6 Å². The molecule has 0 radical (unpaired) electrons. The highest BCUT2D eigenvalue weighted by Crippen LogP contribution is 2.34. The van der Waals surface area contributed by atoms with E-state index in [1.54, 1.807) is 11.0 Å². The summed E-state index contributed by atoms with van der Waals surface area (Å²) in [6.07, 6.45) is -2.67. The van der Waals surface area contributed by atoms with Crippen molar-refractivity contribution in [1.29, 1.82) is 0 Å². The molecule has 1 aromatic rings. The summed E-state index contributed by atoms with van der Waals surface area (Å²) in [5.74, 6) is -0.189. The van der Waals surface area contributed by atoms with Gasteiger partial charge in [0.05, 0.1) is 6.04 Å². The maximum Gasteiger partial charge on any atom is 0.387 e. The van der Waals surface area contributed by atoms with Crippen LogP contribution in [-0.2, 0) is 0 Å². The van der Waals surface area contributed by atoms with Gasteiger partial charge in [0.15, 0.2) is 0 Å². The van der Waals surface area contributed by atoms with Crippen LogP contribution >= 0.6 is 24.8 Å². The molecule has 1 N–H and O–H groups in total. The van der Waals surface area contributed by atoms with E-state index in [1.807, 2.05) is 0 Å². The number of alkyl halides is 4. The van der Waals surface area contributed by atoms with Crippen LogP contribution in [-0.4, -0.2) is 44.1 Å². The Labute approximate surface area is 138 Å². The monoisotopic (exact) mass is 364 g/mol. The van der Waals surface area contributed by atoms with E-state index in [0.717, 1.165) is 0 Å². The van der Waals surface area contributed by atoms with Crippen molar-refractivity contribution < 1.29 is 22.3 Å². The molecular formula is C13H18Cl2F4N2O. The molecule has 1 aromatic carbocycles. The van der Waals surface area contributed by atoms with Gasteiger partial charge >= 0.3 is 6.61 Å². The predicted molar refractivity (Wildman–Crippen MR) is 80.8 cm³/mol. The quantitative estimate of drug-likeness (QED) is 0.811. The first kappa shape index (κ1) is 21.2. The zero-order chi connectivity index (χ0) is 14.5. The number of piperazine rings is 1. The fraction of sp³-hybridized carbons (Fsp3) is 0.538. The van der Waals surface area contributed by atoms with Crippen LogP contribution in [0.2, 0.25) is 0 Å². The van der Waals surface area contributed by atoms with Crippen molar-refractivity contribution in [3.63, 3.8) is 0 Å². The molecule has 1 aliphatic rings. The second kappa shape index (κ2) is 10.1. The Bertz CT molecular complexity index is 434. The Morgan fingerprint density at radius 2 is 1.59 bits per heavy atom. The highest BCUT2D eigenvalue weighted by molar-refractivity contribution is 5.85. The molecule has 22 heavy (non-hydrogen) atoms. The SMILES string of the molecule is Cl.Cl.FC(F)Oc1ccccc1[C@H](C(F)F)N1CCNCC1. The van der Waals surface area contributed by atoms with Crippen molar-refractivity contribution in [1.82, 2.24) is 10.2 Å². The van der Waals surface area contributed by atoms with Crippen LogP contribution in [0, 0.1) is 0 Å². The summed E-state index contributed by atoms with van der Waals surface area (Å²) in [4.78, 5) is 1.59. The van der Waals surface area contributed by atoms with Gasteiger partial charge in [0, 0.05) is 31.7 Å². The largest absolute Gasteiger partial charge is 0.434 e. The molecule has 0 unspecified atom stereocenters. The lowest BCUT2D eigenvalue weighted by atomic mass is 10.0. The molecular weight excluding hydrogens is 347 g/mol. The van der Waals surface area contributed by atoms with E-state index in [4.69, 9.17) is 0 Å². The maximum absolute atomic E-state index is 13.4. The average molecular weight is 365 g/mol. The van der Waals surface area contributed by atoms with Gasteiger partial charge in [0.2, 0.25) is 0 Å². The summed E-state index contributed by atoms with van der Waals surface area (Å²) < 4.78 is 55.9. The van der Waals surface area contributed by atoms with Crippen molar-refractivity contribution in [3.8, 4) is 5.75 Å². The van der Waals surface area contributed by atoms with E-state index in [2.05, 4.69) is 10.1 Å². The molecule has 1 fully saturated rings. The van der Waals surface area contributed by atoms with Gasteiger partial charge in [-0.15, -0.1) is 24.8 Å². The third-order valence-corrected chi connectivity index (χ3v) is 3.24. The molecule has 1 saturated heterocycles. The van der Waals surface area contributed by atoms with Crippen LogP contribution in [0.5, 0.6) is 5.75 Å². The third kappa shape index (κ3) is 5.46. The van der Waals surface area contributed by atoms with E-state index in [-0.39, 0.29) is 36.1 Å². The fourth-order valence-electron chi connectivity index (χ4n) is 2.38. The molecule has 1 aliphatic heterocycles. The lowest BCUT2D eigenvalue weighted by molar-refractivity contribution is -0.0534. The van der Waals surface area contributed by atoms with Gasteiger partial charge in [-0.3, -0.25) is 4.90 Å². The first-order valence-corrected chi connectivity index (χ1v) is 6.36. The van der Waals surface area contributed by atoms with Crippen molar-refractivity contribution in [2.75, 3.05) is 26.2 Å². The van der Waals surface area contributed by atoms with Crippen LogP contribution in [0.1, 0.15) is 11.6 Å². The number of benzene rings is 1. The summed E-state index contributed by atoms with van der Waals surface area (Å²) in [6.45, 7) is -0.949. The molecule has 0 spiro atoms. The average Bonchev–Trinajstić information content (AvgIpc) is 2.41. The van der Waals surface area contributed by atoms with E-state index >= 15 is 0 Å². The first-order valence-electron chi connectivity index (χ1n) is 6.36. The normalized spacial score (nSPS) is 16.8. The molecule has 0 amide bonds. The van der Waals surface area contributed by atoms with Gasteiger partial charge in [-0.1, -0.05) is 18.2 Å². The second-order valence-electron chi connectivity index (χ2n) is 4.48. The standard InChI is InChI=1S/C13H16F4N2O.2ClH/c14-12(15)11(19-7-5-18-6-8-19)9-3-1-2-4-10(9)20-13(16)17;;/h1-4,11-13,18H,5-8H2;2*1H/t11-;;/m1../s1. The summed E-state index contributed by atoms with van der Waals surface area (Å²) >= 11 is 0. The van der Waals surface area contributed by atoms with E-state index < -0.39 is 19.1 Å². The predicted octanol–water partition coefficient (Wildman–Crippen LogP) is 3.34. The Hall–Kier alpha value is -0.760. The summed E-state index contributed by atoms with van der Waals surface area (Å²) in [5.41, 5.74) is 0.102. The van der Waals surface area contributed by atoms with Gasteiger partial charge in [-0.2, -0.15) is 8.78 Å². The third-order valence-electron chi connectivity index (χ3n) is 3.24. The molecule has 1 heterocycles. The Balaban J connectivity index is 0.00000220. The van der Waals surface area contributed by atoms with E-state index in [1.165, 1.54) is 18.2 Å². The minimum atomic E-state index is -3.03. The van der Waals surface area contributed by atoms with E-state index in [0.29, 0.717) is 26.2 Å². The molecule has 9 heteroatoms. The topological polar surface area (TPSA) is 24.5 Å². The number of nitrogens with one attached hydrogen (secondary N) is 1. The number of rotatable bonds is 5. The van der Waals surface area contributed by atoms with Gasteiger partial charge in [-0.05, 0) is 6.07 Å². The number of para-hydroxylation sites is 1. The van der Waals surface area contributed by atoms with Crippen LogP contribution in [0.25, 0.3) is 0 Å². The molecule has 0 aromatic heterocycles. The number of hydrogen-bond acceptors (Lipinski definition) is 3. The minimum Gasteiger partial charge on any atom is -0.434 e. The van der Waals surface area contributed by atoms with Gasteiger partial charge < -0.3 is 10.1 Å². The van der Waals surface area contributed by atoms with Gasteiger partial charge in [-0.25, -0.2) is 8.78 Å². The summed E-state index contributed by atoms with van der Waals surface area (Å²) in [5, 5.41) is 3.07. The zero-order valence-corrected chi connectivity index (χ0v) is 13.2. The molecule has 0 saturated carbocycles.